The van der Waals surface area contributed by atoms with Gasteiger partial charge in [-0.05, 0) is 49.4 Å². The summed E-state index contributed by atoms with van der Waals surface area (Å²) >= 11 is 0. The number of nitrogens with zero attached hydrogens (tertiary/aromatic N) is 2. The molecule has 0 aliphatic heterocycles. The standard InChI is InChI=1S/C23H26N4O/c1-3-19-13-7-8-14-20(19)26-23-25-17(2)16-21(27-23)22(28)24-15-9-12-18-10-5-4-6-11-18/h4-8,10-11,13-14,16H,3,9,12,15H2,1-2H3,(H,24,28)(H,25,26,27). The quantitative estimate of drug-likeness (QED) is 0.572. The molecule has 5 heteroatoms. The first-order chi connectivity index (χ1) is 13.7. The number of anilines is 2. The molecular formula is C23H26N4O. The molecule has 0 saturated carbocycles. The van der Waals surface area contributed by atoms with Crippen molar-refractivity contribution in [3.63, 3.8) is 0 Å². The van der Waals surface area contributed by atoms with Crippen LogP contribution in [0.3, 0.4) is 0 Å². The van der Waals surface area contributed by atoms with Gasteiger partial charge in [0.05, 0.1) is 0 Å². The average molecular weight is 374 g/mol. The molecule has 0 unspecified atom stereocenters. The number of carbonyl (C=O) groups is 1. The van der Waals surface area contributed by atoms with E-state index in [2.05, 4.69) is 45.7 Å². The second-order valence-electron chi connectivity index (χ2n) is 6.70. The highest BCUT2D eigenvalue weighted by atomic mass is 16.1. The molecule has 2 N–H and O–H groups in total. The van der Waals surface area contributed by atoms with Crippen molar-refractivity contribution in [3.8, 4) is 0 Å². The second kappa shape index (κ2) is 9.65. The van der Waals surface area contributed by atoms with E-state index in [1.807, 2.05) is 43.3 Å². The number of aryl methyl sites for hydroxylation is 3. The Morgan fingerprint density at radius 2 is 1.75 bits per heavy atom. The third-order valence-corrected chi connectivity index (χ3v) is 4.50. The monoisotopic (exact) mass is 374 g/mol. The molecular weight excluding hydrogens is 348 g/mol. The van der Waals surface area contributed by atoms with E-state index in [0.717, 1.165) is 30.6 Å². The van der Waals surface area contributed by atoms with Gasteiger partial charge in [-0.2, -0.15) is 0 Å². The number of benzene rings is 2. The van der Waals surface area contributed by atoms with Crippen LogP contribution < -0.4 is 10.6 Å². The van der Waals surface area contributed by atoms with E-state index in [0.29, 0.717) is 18.2 Å². The first kappa shape index (κ1) is 19.5. The van der Waals surface area contributed by atoms with Gasteiger partial charge >= 0.3 is 0 Å². The van der Waals surface area contributed by atoms with E-state index in [1.54, 1.807) is 6.07 Å². The van der Waals surface area contributed by atoms with Gasteiger partial charge in [0.2, 0.25) is 5.95 Å². The van der Waals surface area contributed by atoms with Crippen molar-refractivity contribution < 1.29 is 4.79 Å². The van der Waals surface area contributed by atoms with Crippen molar-refractivity contribution >= 4 is 17.5 Å². The van der Waals surface area contributed by atoms with Crippen molar-refractivity contribution in [2.45, 2.75) is 33.1 Å². The third-order valence-electron chi connectivity index (χ3n) is 4.50. The average Bonchev–Trinajstić information content (AvgIpc) is 2.72. The van der Waals surface area contributed by atoms with Crippen molar-refractivity contribution in [2.75, 3.05) is 11.9 Å². The van der Waals surface area contributed by atoms with Gasteiger partial charge in [0.15, 0.2) is 0 Å². The molecule has 144 valence electrons. The second-order valence-corrected chi connectivity index (χ2v) is 6.70. The van der Waals surface area contributed by atoms with Crippen molar-refractivity contribution in [2.24, 2.45) is 0 Å². The van der Waals surface area contributed by atoms with Gasteiger partial charge in [-0.15, -0.1) is 0 Å². The smallest absolute Gasteiger partial charge is 0.270 e. The number of para-hydroxylation sites is 1. The van der Waals surface area contributed by atoms with Gasteiger partial charge in [0, 0.05) is 17.9 Å². The van der Waals surface area contributed by atoms with E-state index >= 15 is 0 Å². The van der Waals surface area contributed by atoms with Crippen molar-refractivity contribution in [1.82, 2.24) is 15.3 Å². The summed E-state index contributed by atoms with van der Waals surface area (Å²) in [7, 11) is 0. The Bertz CT molecular complexity index is 925. The molecule has 28 heavy (non-hydrogen) atoms. The highest BCUT2D eigenvalue weighted by molar-refractivity contribution is 5.92. The Hall–Kier alpha value is -3.21. The zero-order chi connectivity index (χ0) is 19.8. The molecule has 1 heterocycles. The van der Waals surface area contributed by atoms with Gasteiger partial charge in [-0.25, -0.2) is 9.97 Å². The molecule has 0 saturated heterocycles. The molecule has 0 aliphatic carbocycles. The van der Waals surface area contributed by atoms with Crippen LogP contribution in [0.25, 0.3) is 0 Å². The SMILES string of the molecule is CCc1ccccc1Nc1nc(C)cc(C(=O)NCCCc2ccccc2)n1. The Balaban J connectivity index is 1.61. The van der Waals surface area contributed by atoms with Crippen LogP contribution in [-0.2, 0) is 12.8 Å². The summed E-state index contributed by atoms with van der Waals surface area (Å²) < 4.78 is 0. The fourth-order valence-electron chi connectivity index (χ4n) is 3.04. The van der Waals surface area contributed by atoms with E-state index in [9.17, 15) is 4.79 Å². The van der Waals surface area contributed by atoms with Crippen LogP contribution in [-0.4, -0.2) is 22.4 Å². The highest BCUT2D eigenvalue weighted by Gasteiger charge is 2.11. The van der Waals surface area contributed by atoms with Crippen LogP contribution in [0.15, 0.2) is 60.7 Å². The first-order valence-corrected chi connectivity index (χ1v) is 9.68. The molecule has 5 nitrogen and oxygen atoms in total. The summed E-state index contributed by atoms with van der Waals surface area (Å²) in [5, 5.41) is 6.20. The zero-order valence-electron chi connectivity index (χ0n) is 16.4. The Morgan fingerprint density at radius 3 is 2.54 bits per heavy atom. The summed E-state index contributed by atoms with van der Waals surface area (Å²) in [5.74, 6) is 0.265. The summed E-state index contributed by atoms with van der Waals surface area (Å²) in [6, 6.07) is 20.0. The Labute approximate surface area is 166 Å². The molecule has 0 spiro atoms. The summed E-state index contributed by atoms with van der Waals surface area (Å²) in [5.41, 5.74) is 4.55. The van der Waals surface area contributed by atoms with Crippen LogP contribution in [0, 0.1) is 6.92 Å². The van der Waals surface area contributed by atoms with Gasteiger partial charge in [-0.3, -0.25) is 4.79 Å². The van der Waals surface area contributed by atoms with Gasteiger partial charge in [0.1, 0.15) is 5.69 Å². The minimum atomic E-state index is -0.176. The van der Waals surface area contributed by atoms with Crippen LogP contribution in [0.5, 0.6) is 0 Å². The number of nitrogens with one attached hydrogen (secondary N) is 2. The van der Waals surface area contributed by atoms with Gasteiger partial charge in [0.25, 0.3) is 5.91 Å². The molecule has 3 aromatic rings. The van der Waals surface area contributed by atoms with Crippen LogP contribution in [0.4, 0.5) is 11.6 Å². The number of rotatable bonds is 8. The fraction of sp³-hybridized carbons (Fsp3) is 0.261. The molecule has 0 bridgehead atoms. The predicted molar refractivity (Wildman–Crippen MR) is 113 cm³/mol. The highest BCUT2D eigenvalue weighted by Crippen LogP contribution is 2.19. The normalized spacial score (nSPS) is 10.5. The largest absolute Gasteiger partial charge is 0.351 e. The van der Waals surface area contributed by atoms with E-state index in [-0.39, 0.29) is 5.91 Å². The maximum atomic E-state index is 12.5. The number of amides is 1. The minimum Gasteiger partial charge on any atom is -0.351 e. The maximum Gasteiger partial charge on any atom is 0.270 e. The number of hydrogen-bond donors (Lipinski definition) is 2. The number of aromatic nitrogens is 2. The van der Waals surface area contributed by atoms with E-state index in [4.69, 9.17) is 0 Å². The molecule has 0 atom stereocenters. The molecule has 2 aromatic carbocycles. The summed E-state index contributed by atoms with van der Waals surface area (Å²) in [4.78, 5) is 21.3. The molecule has 1 amide bonds. The number of carbonyl (C=O) groups excluding carboxylic acids is 1. The lowest BCUT2D eigenvalue weighted by molar-refractivity contribution is 0.0948. The van der Waals surface area contributed by atoms with Crippen LogP contribution >= 0.6 is 0 Å². The summed E-state index contributed by atoms with van der Waals surface area (Å²) in [6.45, 7) is 4.58. The van der Waals surface area contributed by atoms with Crippen molar-refractivity contribution in [3.05, 3.63) is 83.2 Å². The van der Waals surface area contributed by atoms with Crippen molar-refractivity contribution in [1.29, 1.82) is 0 Å². The fourth-order valence-corrected chi connectivity index (χ4v) is 3.04. The lowest BCUT2D eigenvalue weighted by Crippen LogP contribution is -2.26. The zero-order valence-corrected chi connectivity index (χ0v) is 16.4. The Kier molecular flexibility index (Phi) is 6.73. The van der Waals surface area contributed by atoms with E-state index in [1.165, 1.54) is 11.1 Å². The molecule has 3 rings (SSSR count). The van der Waals surface area contributed by atoms with Gasteiger partial charge in [-0.1, -0.05) is 55.5 Å². The van der Waals surface area contributed by atoms with Crippen LogP contribution in [0.1, 0.15) is 40.7 Å². The maximum absolute atomic E-state index is 12.5. The molecule has 0 aliphatic rings. The summed E-state index contributed by atoms with van der Waals surface area (Å²) in [6.07, 6.45) is 2.73. The predicted octanol–water partition coefficient (Wildman–Crippen LogP) is 4.45. The molecule has 0 fully saturated rings. The topological polar surface area (TPSA) is 66.9 Å². The third kappa shape index (κ3) is 5.39. The van der Waals surface area contributed by atoms with E-state index < -0.39 is 0 Å². The molecule has 1 aromatic heterocycles. The van der Waals surface area contributed by atoms with Gasteiger partial charge < -0.3 is 10.6 Å². The first-order valence-electron chi connectivity index (χ1n) is 9.68. The lowest BCUT2D eigenvalue weighted by atomic mass is 10.1. The number of hydrogen-bond acceptors (Lipinski definition) is 4. The minimum absolute atomic E-state index is 0.176. The molecule has 0 radical (unpaired) electrons. The lowest BCUT2D eigenvalue weighted by Gasteiger charge is -2.11. The Morgan fingerprint density at radius 1 is 1.00 bits per heavy atom. The van der Waals surface area contributed by atoms with Crippen LogP contribution in [0.2, 0.25) is 0 Å².